The topological polar surface area (TPSA) is 3.24 Å². The number of rotatable bonds is 2. The van der Waals surface area contributed by atoms with Crippen LogP contribution in [-0.4, -0.2) is 18.0 Å². The molecule has 1 aromatic carbocycles. The van der Waals surface area contributed by atoms with E-state index in [4.69, 9.17) is 0 Å². The van der Waals surface area contributed by atoms with E-state index < -0.39 is 0 Å². The van der Waals surface area contributed by atoms with E-state index >= 15 is 0 Å². The van der Waals surface area contributed by atoms with Gasteiger partial charge in [0.05, 0.1) is 6.04 Å². The monoisotopic (exact) mass is 269 g/mol. The summed E-state index contributed by atoms with van der Waals surface area (Å²) in [7, 11) is 2.17. The Morgan fingerprint density at radius 2 is 2.00 bits per heavy atom. The van der Waals surface area contributed by atoms with Crippen molar-refractivity contribution in [3.8, 4) is 0 Å². The van der Waals surface area contributed by atoms with E-state index in [0.29, 0.717) is 6.04 Å². The third-order valence-corrected chi connectivity index (χ3v) is 5.16. The maximum atomic E-state index is 2.33. The Morgan fingerprint density at radius 1 is 1.21 bits per heavy atom. The Labute approximate surface area is 118 Å². The van der Waals surface area contributed by atoms with Crippen molar-refractivity contribution in [1.29, 1.82) is 0 Å². The van der Waals surface area contributed by atoms with Crippen molar-refractivity contribution in [1.82, 2.24) is 4.90 Å². The molecule has 0 N–H and O–H groups in total. The van der Waals surface area contributed by atoms with Crippen LogP contribution in [0.5, 0.6) is 0 Å². The number of hydrogen-bond acceptors (Lipinski definition) is 2. The van der Waals surface area contributed by atoms with Gasteiger partial charge in [0.1, 0.15) is 0 Å². The lowest BCUT2D eigenvalue weighted by Gasteiger charge is -2.32. The molecule has 19 heavy (non-hydrogen) atoms. The lowest BCUT2D eigenvalue weighted by Crippen LogP contribution is -2.32. The van der Waals surface area contributed by atoms with Crippen molar-refractivity contribution in [3.05, 3.63) is 58.6 Å². The zero-order chi connectivity index (χ0) is 13.4. The standard InChI is InChI=1S/C17H19NS/c1-12-8-9-18(3)16(13(12)2)10-14-11-19-17-7-5-4-6-15(14)17/h4-9,11,16H,10H2,1-3H3. The summed E-state index contributed by atoms with van der Waals surface area (Å²) in [6, 6.07) is 9.20. The molecule has 1 unspecified atom stereocenters. The summed E-state index contributed by atoms with van der Waals surface area (Å²) in [6.45, 7) is 4.46. The summed E-state index contributed by atoms with van der Waals surface area (Å²) in [5, 5.41) is 3.74. The van der Waals surface area contributed by atoms with Gasteiger partial charge in [-0.25, -0.2) is 0 Å². The molecule has 1 aromatic heterocycles. The first kappa shape index (κ1) is 12.5. The van der Waals surface area contributed by atoms with E-state index in [9.17, 15) is 0 Å². The number of fused-ring (bicyclic) bond motifs is 1. The fourth-order valence-electron chi connectivity index (χ4n) is 2.73. The van der Waals surface area contributed by atoms with E-state index in [1.165, 1.54) is 26.8 Å². The molecular weight excluding hydrogens is 250 g/mol. The van der Waals surface area contributed by atoms with Crippen LogP contribution in [0.1, 0.15) is 19.4 Å². The van der Waals surface area contributed by atoms with Crippen LogP contribution in [0.25, 0.3) is 10.1 Å². The molecule has 2 heterocycles. The van der Waals surface area contributed by atoms with Crippen LogP contribution in [0.3, 0.4) is 0 Å². The summed E-state index contributed by atoms with van der Waals surface area (Å²) in [4.78, 5) is 2.33. The molecule has 1 atom stereocenters. The Bertz CT molecular complexity index is 663. The summed E-state index contributed by atoms with van der Waals surface area (Å²) in [6.07, 6.45) is 5.49. The minimum atomic E-state index is 0.489. The maximum absolute atomic E-state index is 2.33. The van der Waals surface area contributed by atoms with E-state index in [0.717, 1.165) is 6.42 Å². The van der Waals surface area contributed by atoms with Gasteiger partial charge in [0, 0.05) is 11.7 Å². The van der Waals surface area contributed by atoms with Crippen molar-refractivity contribution in [2.24, 2.45) is 0 Å². The number of nitrogens with zero attached hydrogens (tertiary/aromatic N) is 1. The number of benzene rings is 1. The average Bonchev–Trinajstić information content (AvgIpc) is 2.83. The highest BCUT2D eigenvalue weighted by Gasteiger charge is 2.20. The minimum absolute atomic E-state index is 0.489. The molecule has 98 valence electrons. The zero-order valence-corrected chi connectivity index (χ0v) is 12.5. The molecule has 1 nitrogen and oxygen atoms in total. The summed E-state index contributed by atoms with van der Waals surface area (Å²) >= 11 is 1.85. The highest BCUT2D eigenvalue weighted by Crippen LogP contribution is 2.30. The van der Waals surface area contributed by atoms with Gasteiger partial charge in [-0.1, -0.05) is 18.2 Å². The molecule has 0 amide bonds. The molecule has 0 aliphatic carbocycles. The van der Waals surface area contributed by atoms with Gasteiger partial charge in [-0.2, -0.15) is 0 Å². The van der Waals surface area contributed by atoms with Gasteiger partial charge in [-0.3, -0.25) is 0 Å². The molecule has 2 heteroatoms. The maximum Gasteiger partial charge on any atom is 0.0537 e. The predicted molar refractivity (Wildman–Crippen MR) is 84.6 cm³/mol. The fraction of sp³-hybridized carbons (Fsp3) is 0.294. The smallest absolute Gasteiger partial charge is 0.0537 e. The second-order valence-corrected chi connectivity index (χ2v) is 6.24. The second kappa shape index (κ2) is 4.86. The molecule has 0 saturated heterocycles. The molecule has 0 saturated carbocycles. The first-order valence-electron chi connectivity index (χ1n) is 6.69. The summed E-state index contributed by atoms with van der Waals surface area (Å²) < 4.78 is 1.39. The predicted octanol–water partition coefficient (Wildman–Crippen LogP) is 4.61. The molecule has 3 rings (SSSR count). The lowest BCUT2D eigenvalue weighted by atomic mass is 9.93. The van der Waals surface area contributed by atoms with E-state index in [-0.39, 0.29) is 0 Å². The van der Waals surface area contributed by atoms with Gasteiger partial charge in [0.25, 0.3) is 0 Å². The van der Waals surface area contributed by atoms with Crippen molar-refractivity contribution in [3.63, 3.8) is 0 Å². The van der Waals surface area contributed by atoms with Crippen LogP contribution < -0.4 is 0 Å². The quantitative estimate of drug-likeness (QED) is 0.769. The highest BCUT2D eigenvalue weighted by atomic mass is 32.1. The van der Waals surface area contributed by atoms with Crippen molar-refractivity contribution < 1.29 is 0 Å². The number of likely N-dealkylation sites (N-methyl/N-ethyl adjacent to an activating group) is 1. The first-order valence-corrected chi connectivity index (χ1v) is 7.57. The largest absolute Gasteiger partial charge is 0.373 e. The van der Waals surface area contributed by atoms with Crippen molar-refractivity contribution in [2.45, 2.75) is 26.3 Å². The Balaban J connectivity index is 1.95. The van der Waals surface area contributed by atoms with Crippen LogP contribution in [0.15, 0.2) is 53.1 Å². The Kier molecular flexibility index (Phi) is 3.19. The zero-order valence-electron chi connectivity index (χ0n) is 11.7. The van der Waals surface area contributed by atoms with Crippen LogP contribution in [0, 0.1) is 0 Å². The number of allylic oxidation sites excluding steroid dienone is 2. The van der Waals surface area contributed by atoms with Gasteiger partial charge in [-0.15, -0.1) is 11.3 Å². The number of thiophene rings is 1. The first-order chi connectivity index (χ1) is 9.16. The van der Waals surface area contributed by atoms with Crippen LogP contribution >= 0.6 is 11.3 Å². The van der Waals surface area contributed by atoms with E-state index in [1.54, 1.807) is 0 Å². The third kappa shape index (κ3) is 2.21. The molecule has 0 fully saturated rings. The average molecular weight is 269 g/mol. The summed E-state index contributed by atoms with van der Waals surface area (Å²) in [5.41, 5.74) is 4.36. The molecular formula is C17H19NS. The SMILES string of the molecule is CC1=C(C)C(Cc2csc3ccccc23)N(C)C=C1. The van der Waals surface area contributed by atoms with Crippen LogP contribution in [0.2, 0.25) is 0 Å². The molecule has 2 aromatic rings. The van der Waals surface area contributed by atoms with Gasteiger partial charge in [-0.05, 0) is 66.1 Å². The third-order valence-electron chi connectivity index (χ3n) is 4.15. The molecule has 1 aliphatic heterocycles. The Morgan fingerprint density at radius 3 is 2.84 bits per heavy atom. The van der Waals surface area contributed by atoms with Gasteiger partial charge < -0.3 is 4.90 Å². The van der Waals surface area contributed by atoms with Gasteiger partial charge >= 0.3 is 0 Å². The molecule has 0 bridgehead atoms. The van der Waals surface area contributed by atoms with Crippen LogP contribution in [0.4, 0.5) is 0 Å². The number of hydrogen-bond donors (Lipinski definition) is 0. The Hall–Kier alpha value is -1.54. The molecule has 0 spiro atoms. The van der Waals surface area contributed by atoms with Crippen molar-refractivity contribution in [2.75, 3.05) is 7.05 Å². The van der Waals surface area contributed by atoms with Gasteiger partial charge in [0.2, 0.25) is 0 Å². The van der Waals surface area contributed by atoms with E-state index in [1.807, 2.05) is 11.3 Å². The van der Waals surface area contributed by atoms with Crippen molar-refractivity contribution >= 4 is 21.4 Å². The minimum Gasteiger partial charge on any atom is -0.373 e. The van der Waals surface area contributed by atoms with E-state index in [2.05, 4.69) is 67.7 Å². The van der Waals surface area contributed by atoms with Crippen LogP contribution in [-0.2, 0) is 6.42 Å². The lowest BCUT2D eigenvalue weighted by molar-refractivity contribution is 0.360. The normalized spacial score (nSPS) is 19.5. The second-order valence-electron chi connectivity index (χ2n) is 5.32. The molecule has 1 aliphatic rings. The highest BCUT2D eigenvalue weighted by molar-refractivity contribution is 7.17. The summed E-state index contributed by atoms with van der Waals surface area (Å²) in [5.74, 6) is 0. The fourth-order valence-corrected chi connectivity index (χ4v) is 3.70. The van der Waals surface area contributed by atoms with Gasteiger partial charge in [0.15, 0.2) is 0 Å². The molecule has 0 radical (unpaired) electrons.